The van der Waals surface area contributed by atoms with E-state index in [-0.39, 0.29) is 16.6 Å². The lowest BCUT2D eigenvalue weighted by molar-refractivity contribution is 0.0391. The molecule has 0 unspecified atom stereocenters. The Hall–Kier alpha value is -2.33. The van der Waals surface area contributed by atoms with Crippen LogP contribution in [0.1, 0.15) is 28.4 Å². The Balaban J connectivity index is 1.70. The molecule has 0 atom stereocenters. The Labute approximate surface area is 198 Å². The summed E-state index contributed by atoms with van der Waals surface area (Å²) < 4.78 is 31.2. The fraction of sp³-hybridized carbons (Fsp3) is 0.417. The normalized spacial score (nSPS) is 15.1. The Morgan fingerprint density at radius 2 is 1.94 bits per heavy atom. The Bertz CT molecular complexity index is 1260. The summed E-state index contributed by atoms with van der Waals surface area (Å²) >= 11 is 1.49. The molecule has 1 amide bonds. The molecule has 1 aromatic heterocycles. The number of fused-ring (bicyclic) bond motifs is 1. The van der Waals surface area contributed by atoms with E-state index in [2.05, 4.69) is 17.0 Å². The van der Waals surface area contributed by atoms with E-state index in [9.17, 15) is 13.2 Å². The second-order valence-corrected chi connectivity index (χ2v) is 11.6. The number of rotatable bonds is 7. The molecule has 1 fully saturated rings. The van der Waals surface area contributed by atoms with Gasteiger partial charge in [-0.2, -0.15) is 0 Å². The first kappa shape index (κ1) is 23.8. The molecule has 3 aromatic rings. The van der Waals surface area contributed by atoms with Crippen LogP contribution in [-0.4, -0.2) is 69.4 Å². The lowest BCUT2D eigenvalue weighted by Gasteiger charge is -2.29. The van der Waals surface area contributed by atoms with Crippen molar-refractivity contribution in [1.29, 1.82) is 0 Å². The molecule has 0 radical (unpaired) electrons. The number of hydrogen-bond acceptors (Lipinski definition) is 7. The first-order chi connectivity index (χ1) is 15.8. The van der Waals surface area contributed by atoms with E-state index in [0.29, 0.717) is 37.0 Å². The third-order valence-corrected chi connectivity index (χ3v) is 8.62. The number of sulfone groups is 1. The lowest BCUT2D eigenvalue weighted by Crippen LogP contribution is -2.43. The van der Waals surface area contributed by atoms with Crippen molar-refractivity contribution in [3.63, 3.8) is 0 Å². The van der Waals surface area contributed by atoms with Crippen molar-refractivity contribution in [2.75, 3.05) is 50.0 Å². The zero-order valence-corrected chi connectivity index (χ0v) is 20.8. The van der Waals surface area contributed by atoms with Crippen molar-refractivity contribution in [3.8, 4) is 0 Å². The fourth-order valence-electron chi connectivity index (χ4n) is 3.97. The number of morpholine rings is 1. The summed E-state index contributed by atoms with van der Waals surface area (Å²) in [6, 6.07) is 10.5. The number of ether oxygens (including phenoxy) is 1. The molecular weight excluding hydrogens is 458 g/mol. The summed E-state index contributed by atoms with van der Waals surface area (Å²) in [5.41, 5.74) is 3.47. The van der Waals surface area contributed by atoms with Gasteiger partial charge in [0.1, 0.15) is 0 Å². The predicted octanol–water partition coefficient (Wildman–Crippen LogP) is 3.69. The summed E-state index contributed by atoms with van der Waals surface area (Å²) in [5, 5.41) is 0.626. The average Bonchev–Trinajstić information content (AvgIpc) is 3.24. The number of anilines is 1. The molecule has 2 heterocycles. The zero-order valence-electron chi connectivity index (χ0n) is 19.2. The quantitative estimate of drug-likeness (QED) is 0.506. The van der Waals surface area contributed by atoms with E-state index < -0.39 is 9.84 Å². The lowest BCUT2D eigenvalue weighted by atomic mass is 10.1. The molecule has 1 saturated heterocycles. The molecule has 2 aromatic carbocycles. The molecule has 7 nitrogen and oxygen atoms in total. The van der Waals surface area contributed by atoms with Gasteiger partial charge < -0.3 is 4.74 Å². The first-order valence-electron chi connectivity index (χ1n) is 11.1. The standard InChI is InChI=1S/C24H29N3O4S2/c1-4-33(29,30)20-7-5-6-19(16-20)23(28)27(9-8-26-10-12-31-13-11-26)24-25-22-18(3)14-17(2)15-21(22)32-24/h5-7,14-16H,4,8-13H2,1-3H3. The van der Waals surface area contributed by atoms with Gasteiger partial charge in [-0.15, -0.1) is 0 Å². The molecule has 0 spiro atoms. The number of thiazole rings is 1. The van der Waals surface area contributed by atoms with Gasteiger partial charge in [-0.25, -0.2) is 13.4 Å². The summed E-state index contributed by atoms with van der Waals surface area (Å²) in [5.74, 6) is -0.258. The molecule has 1 aliphatic rings. The molecule has 4 rings (SSSR count). The van der Waals surface area contributed by atoms with Crippen molar-refractivity contribution in [3.05, 3.63) is 53.1 Å². The van der Waals surface area contributed by atoms with Crippen molar-refractivity contribution < 1.29 is 17.9 Å². The molecule has 0 saturated carbocycles. The van der Waals surface area contributed by atoms with Crippen molar-refractivity contribution >= 4 is 42.4 Å². The van der Waals surface area contributed by atoms with E-state index in [1.54, 1.807) is 24.0 Å². The SMILES string of the molecule is CCS(=O)(=O)c1cccc(C(=O)N(CCN2CCOCC2)c2nc3c(C)cc(C)cc3s2)c1. The molecule has 176 valence electrons. The van der Waals surface area contributed by atoms with Crippen molar-refractivity contribution in [1.82, 2.24) is 9.88 Å². The molecule has 0 aliphatic carbocycles. The van der Waals surface area contributed by atoms with Crippen LogP contribution in [0.2, 0.25) is 0 Å². The Morgan fingerprint density at radius 1 is 1.18 bits per heavy atom. The van der Waals surface area contributed by atoms with E-state index in [1.165, 1.54) is 23.5 Å². The number of amides is 1. The highest BCUT2D eigenvalue weighted by molar-refractivity contribution is 7.91. The van der Waals surface area contributed by atoms with Crippen LogP contribution in [0.15, 0.2) is 41.3 Å². The van der Waals surface area contributed by atoms with Gasteiger partial charge in [0.15, 0.2) is 15.0 Å². The molecule has 1 aliphatic heterocycles. The van der Waals surface area contributed by atoms with Gasteiger partial charge in [0.2, 0.25) is 0 Å². The highest BCUT2D eigenvalue weighted by atomic mass is 32.2. The Morgan fingerprint density at radius 3 is 2.67 bits per heavy atom. The maximum atomic E-state index is 13.7. The number of aromatic nitrogens is 1. The van der Waals surface area contributed by atoms with Gasteiger partial charge in [0, 0.05) is 31.7 Å². The van der Waals surface area contributed by atoms with Crippen LogP contribution in [0.3, 0.4) is 0 Å². The number of hydrogen-bond donors (Lipinski definition) is 0. The van der Waals surface area contributed by atoms with Crippen LogP contribution in [0, 0.1) is 13.8 Å². The van der Waals surface area contributed by atoms with Crippen LogP contribution in [0.4, 0.5) is 5.13 Å². The van der Waals surface area contributed by atoms with Gasteiger partial charge in [0.25, 0.3) is 5.91 Å². The van der Waals surface area contributed by atoms with Gasteiger partial charge in [-0.3, -0.25) is 14.6 Å². The van der Waals surface area contributed by atoms with Crippen LogP contribution in [0.25, 0.3) is 10.2 Å². The third-order valence-electron chi connectivity index (χ3n) is 5.86. The van der Waals surface area contributed by atoms with E-state index in [1.807, 2.05) is 13.8 Å². The van der Waals surface area contributed by atoms with E-state index in [0.717, 1.165) is 34.4 Å². The third kappa shape index (κ3) is 5.27. The molecule has 0 N–H and O–H groups in total. The Kier molecular flexibility index (Phi) is 7.13. The minimum atomic E-state index is -3.41. The number of nitrogens with zero attached hydrogens (tertiary/aromatic N) is 3. The topological polar surface area (TPSA) is 79.8 Å². The van der Waals surface area contributed by atoms with E-state index >= 15 is 0 Å². The highest BCUT2D eigenvalue weighted by Gasteiger charge is 2.24. The summed E-state index contributed by atoms with van der Waals surface area (Å²) in [7, 11) is -3.41. The summed E-state index contributed by atoms with van der Waals surface area (Å²) in [6.45, 7) is 9.84. The maximum absolute atomic E-state index is 13.7. The minimum Gasteiger partial charge on any atom is -0.379 e. The molecular formula is C24H29N3O4S2. The second kappa shape index (κ2) is 9.89. The van der Waals surface area contributed by atoms with Gasteiger partial charge in [-0.1, -0.05) is 30.4 Å². The van der Waals surface area contributed by atoms with Crippen LogP contribution in [0.5, 0.6) is 0 Å². The fourth-order valence-corrected chi connectivity index (χ4v) is 6.06. The summed E-state index contributed by atoms with van der Waals surface area (Å²) in [6.07, 6.45) is 0. The van der Waals surface area contributed by atoms with Crippen LogP contribution >= 0.6 is 11.3 Å². The highest BCUT2D eigenvalue weighted by Crippen LogP contribution is 2.32. The van der Waals surface area contributed by atoms with Crippen LogP contribution < -0.4 is 4.90 Å². The largest absolute Gasteiger partial charge is 0.379 e. The van der Waals surface area contributed by atoms with Gasteiger partial charge in [-0.05, 0) is 49.2 Å². The average molecular weight is 488 g/mol. The number of carbonyl (C=O) groups excluding carboxylic acids is 1. The van der Waals surface area contributed by atoms with Gasteiger partial charge >= 0.3 is 0 Å². The minimum absolute atomic E-state index is 0.0120. The van der Waals surface area contributed by atoms with Crippen LogP contribution in [-0.2, 0) is 14.6 Å². The van der Waals surface area contributed by atoms with Crippen molar-refractivity contribution in [2.24, 2.45) is 0 Å². The molecule has 9 heteroatoms. The van der Waals surface area contributed by atoms with Gasteiger partial charge in [0.05, 0.1) is 34.1 Å². The van der Waals surface area contributed by atoms with Crippen molar-refractivity contribution in [2.45, 2.75) is 25.7 Å². The smallest absolute Gasteiger partial charge is 0.260 e. The zero-order chi connectivity index (χ0) is 23.6. The predicted molar refractivity (Wildman–Crippen MR) is 132 cm³/mol. The summed E-state index contributed by atoms with van der Waals surface area (Å²) in [4.78, 5) is 22.6. The monoisotopic (exact) mass is 487 g/mol. The maximum Gasteiger partial charge on any atom is 0.260 e. The number of benzene rings is 2. The number of aryl methyl sites for hydroxylation is 2. The number of carbonyl (C=O) groups is 1. The second-order valence-electron chi connectivity index (χ2n) is 8.27. The molecule has 0 bridgehead atoms. The molecule has 33 heavy (non-hydrogen) atoms. The first-order valence-corrected chi connectivity index (χ1v) is 13.6. The van der Waals surface area contributed by atoms with E-state index in [4.69, 9.17) is 9.72 Å².